The van der Waals surface area contributed by atoms with Gasteiger partial charge in [0.25, 0.3) is 5.91 Å². The lowest BCUT2D eigenvalue weighted by molar-refractivity contribution is -0.140. The molecule has 32 heavy (non-hydrogen) atoms. The van der Waals surface area contributed by atoms with Gasteiger partial charge in [0.15, 0.2) is 0 Å². The summed E-state index contributed by atoms with van der Waals surface area (Å²) in [5, 5.41) is 0. The average Bonchev–Trinajstić information content (AvgIpc) is 3.58. The Labute approximate surface area is 195 Å². The number of nitrogens with zero attached hydrogens (tertiary/aromatic N) is 2. The molecule has 2 aromatic carbocycles. The SMILES string of the molecule is Cc1ccc(C(=O)N(CN2C(=O)C3C4C=CC(C5CC45)C3C2=O)c2ccc(Br)cc2)cc1. The van der Waals surface area contributed by atoms with E-state index in [2.05, 4.69) is 28.1 Å². The minimum Gasteiger partial charge on any atom is -0.290 e. The normalized spacial score (nSPS) is 31.5. The molecule has 4 aliphatic carbocycles. The zero-order valence-electron chi connectivity index (χ0n) is 17.6. The van der Waals surface area contributed by atoms with E-state index in [0.717, 1.165) is 16.5 Å². The first-order valence-corrected chi connectivity index (χ1v) is 11.9. The maximum Gasteiger partial charge on any atom is 0.259 e. The number of anilines is 1. The van der Waals surface area contributed by atoms with Crippen molar-refractivity contribution in [3.8, 4) is 0 Å². The summed E-state index contributed by atoms with van der Waals surface area (Å²) >= 11 is 3.43. The predicted octanol–water partition coefficient (Wildman–Crippen LogP) is 4.41. The lowest BCUT2D eigenvalue weighted by Gasteiger charge is -2.37. The van der Waals surface area contributed by atoms with Crippen molar-refractivity contribution in [1.82, 2.24) is 4.90 Å². The molecule has 162 valence electrons. The smallest absolute Gasteiger partial charge is 0.259 e. The summed E-state index contributed by atoms with van der Waals surface area (Å²) in [6, 6.07) is 14.7. The maximum absolute atomic E-state index is 13.5. The molecule has 2 aromatic rings. The van der Waals surface area contributed by atoms with Gasteiger partial charge in [-0.15, -0.1) is 0 Å². The van der Waals surface area contributed by atoms with Gasteiger partial charge in [0.1, 0.15) is 6.67 Å². The van der Waals surface area contributed by atoms with E-state index in [1.165, 1.54) is 4.90 Å². The molecule has 0 N–H and O–H groups in total. The highest BCUT2D eigenvalue weighted by Crippen LogP contribution is 2.65. The summed E-state index contributed by atoms with van der Waals surface area (Å²) in [6.45, 7) is 1.91. The van der Waals surface area contributed by atoms with Gasteiger partial charge in [-0.1, -0.05) is 45.8 Å². The summed E-state index contributed by atoms with van der Waals surface area (Å²) in [6.07, 6.45) is 5.46. The third-order valence-corrected chi connectivity index (χ3v) is 8.25. The highest BCUT2D eigenvalue weighted by molar-refractivity contribution is 9.10. The van der Waals surface area contributed by atoms with E-state index in [0.29, 0.717) is 23.1 Å². The molecule has 5 aliphatic rings. The summed E-state index contributed by atoms with van der Waals surface area (Å²) in [5.41, 5.74) is 2.24. The number of likely N-dealkylation sites (tertiary alicyclic amines) is 1. The van der Waals surface area contributed by atoms with Crippen LogP contribution in [0.4, 0.5) is 5.69 Å². The largest absolute Gasteiger partial charge is 0.290 e. The first-order chi connectivity index (χ1) is 15.4. The number of hydrogen-bond donors (Lipinski definition) is 0. The summed E-state index contributed by atoms with van der Waals surface area (Å²) in [7, 11) is 0. The average molecular weight is 491 g/mol. The van der Waals surface area contributed by atoms with Crippen LogP contribution in [0, 0.1) is 42.4 Å². The van der Waals surface area contributed by atoms with Crippen molar-refractivity contribution in [2.45, 2.75) is 13.3 Å². The Kier molecular flexibility index (Phi) is 4.44. The fourth-order valence-corrected chi connectivity index (χ4v) is 6.30. The number of hydrogen-bond acceptors (Lipinski definition) is 3. The molecule has 1 saturated heterocycles. The topological polar surface area (TPSA) is 57.7 Å². The van der Waals surface area contributed by atoms with Gasteiger partial charge in [0, 0.05) is 15.7 Å². The van der Waals surface area contributed by atoms with Crippen LogP contribution in [0.5, 0.6) is 0 Å². The van der Waals surface area contributed by atoms with Gasteiger partial charge in [-0.05, 0) is 73.4 Å². The molecule has 3 amide bonds. The van der Waals surface area contributed by atoms with Crippen molar-refractivity contribution in [2.75, 3.05) is 11.6 Å². The number of halogens is 1. The molecule has 1 heterocycles. The quantitative estimate of drug-likeness (QED) is 0.470. The molecule has 7 rings (SSSR count). The Morgan fingerprint density at radius 1 is 0.938 bits per heavy atom. The Balaban J connectivity index is 1.33. The van der Waals surface area contributed by atoms with Gasteiger partial charge in [-0.2, -0.15) is 0 Å². The number of carbonyl (C=O) groups is 3. The van der Waals surface area contributed by atoms with Crippen LogP contribution >= 0.6 is 15.9 Å². The number of imide groups is 1. The fraction of sp³-hybridized carbons (Fsp3) is 0.346. The number of allylic oxidation sites excluding steroid dienone is 2. The molecule has 2 saturated carbocycles. The molecule has 5 nitrogen and oxygen atoms in total. The van der Waals surface area contributed by atoms with Crippen molar-refractivity contribution in [3.05, 3.63) is 76.3 Å². The molecular formula is C26H23BrN2O3. The van der Waals surface area contributed by atoms with E-state index in [1.54, 1.807) is 17.0 Å². The Bertz CT molecular complexity index is 1120. The van der Waals surface area contributed by atoms with Gasteiger partial charge in [0.2, 0.25) is 11.8 Å². The first kappa shape index (κ1) is 19.9. The minimum absolute atomic E-state index is 0.0617. The lowest BCUT2D eigenvalue weighted by Crippen LogP contribution is -2.45. The van der Waals surface area contributed by atoms with E-state index in [9.17, 15) is 14.4 Å². The van der Waals surface area contributed by atoms with E-state index < -0.39 is 0 Å². The fourth-order valence-electron chi connectivity index (χ4n) is 6.04. The number of rotatable bonds is 4. The number of amides is 3. The van der Waals surface area contributed by atoms with Crippen molar-refractivity contribution in [1.29, 1.82) is 0 Å². The molecule has 3 fully saturated rings. The number of carbonyl (C=O) groups excluding carboxylic acids is 3. The molecule has 0 radical (unpaired) electrons. The van der Waals surface area contributed by atoms with Crippen LogP contribution in [-0.4, -0.2) is 29.3 Å². The van der Waals surface area contributed by atoms with Crippen LogP contribution in [-0.2, 0) is 9.59 Å². The third-order valence-electron chi connectivity index (χ3n) is 7.72. The minimum atomic E-state index is -0.262. The number of aryl methyl sites for hydroxylation is 1. The molecule has 6 atom stereocenters. The zero-order chi connectivity index (χ0) is 22.1. The van der Waals surface area contributed by atoms with Crippen LogP contribution in [0.3, 0.4) is 0 Å². The molecular weight excluding hydrogens is 468 g/mol. The second-order valence-electron chi connectivity index (χ2n) is 9.48. The second kappa shape index (κ2) is 7.14. The Morgan fingerprint density at radius 3 is 2.06 bits per heavy atom. The molecule has 6 heteroatoms. The van der Waals surface area contributed by atoms with E-state index in [1.807, 2.05) is 43.3 Å². The molecule has 2 bridgehead atoms. The summed E-state index contributed by atoms with van der Waals surface area (Å²) in [4.78, 5) is 43.3. The van der Waals surface area contributed by atoms with Crippen LogP contribution in [0.15, 0.2) is 65.2 Å². The zero-order valence-corrected chi connectivity index (χ0v) is 19.2. The Morgan fingerprint density at radius 2 is 1.50 bits per heavy atom. The summed E-state index contributed by atoms with van der Waals surface area (Å²) < 4.78 is 0.894. The first-order valence-electron chi connectivity index (χ1n) is 11.1. The van der Waals surface area contributed by atoms with Crippen LogP contribution in [0.25, 0.3) is 0 Å². The molecule has 1 aliphatic heterocycles. The van der Waals surface area contributed by atoms with E-state index >= 15 is 0 Å². The van der Waals surface area contributed by atoms with E-state index in [-0.39, 0.29) is 48.1 Å². The van der Waals surface area contributed by atoms with Gasteiger partial charge < -0.3 is 0 Å². The van der Waals surface area contributed by atoms with Gasteiger partial charge in [0.05, 0.1) is 11.8 Å². The molecule has 6 unspecified atom stereocenters. The van der Waals surface area contributed by atoms with Crippen molar-refractivity contribution in [3.63, 3.8) is 0 Å². The molecule has 0 aromatic heterocycles. The monoisotopic (exact) mass is 490 g/mol. The van der Waals surface area contributed by atoms with Crippen molar-refractivity contribution < 1.29 is 14.4 Å². The second-order valence-corrected chi connectivity index (χ2v) is 10.4. The number of benzene rings is 2. The van der Waals surface area contributed by atoms with Crippen LogP contribution in [0.2, 0.25) is 0 Å². The maximum atomic E-state index is 13.5. The predicted molar refractivity (Wildman–Crippen MR) is 124 cm³/mol. The molecule has 0 spiro atoms. The van der Waals surface area contributed by atoms with Gasteiger partial charge in [-0.25, -0.2) is 0 Å². The standard InChI is InChI=1S/C26H23BrN2O3/c1-14-2-4-15(5-3-14)24(30)28(17-8-6-16(27)7-9-17)13-29-25(31)22-18-10-11-19(21-12-20(18)21)23(22)26(29)32/h2-11,18-23H,12-13H2,1H3. The third kappa shape index (κ3) is 2.92. The van der Waals surface area contributed by atoms with Crippen molar-refractivity contribution in [2.24, 2.45) is 35.5 Å². The van der Waals surface area contributed by atoms with Crippen LogP contribution < -0.4 is 4.90 Å². The van der Waals surface area contributed by atoms with Gasteiger partial charge >= 0.3 is 0 Å². The van der Waals surface area contributed by atoms with E-state index in [4.69, 9.17) is 0 Å². The summed E-state index contributed by atoms with van der Waals surface area (Å²) in [5.74, 6) is 0.457. The van der Waals surface area contributed by atoms with Crippen LogP contribution in [0.1, 0.15) is 22.3 Å². The lowest BCUT2D eigenvalue weighted by atomic mass is 9.63. The highest BCUT2D eigenvalue weighted by atomic mass is 79.9. The van der Waals surface area contributed by atoms with Crippen molar-refractivity contribution >= 4 is 39.3 Å². The highest BCUT2D eigenvalue weighted by Gasteiger charge is 2.67. The Hall–Kier alpha value is -2.73. The van der Waals surface area contributed by atoms with Gasteiger partial charge in [-0.3, -0.25) is 24.2 Å².